The van der Waals surface area contributed by atoms with Gasteiger partial charge in [0.25, 0.3) is 5.91 Å². The Labute approximate surface area is 125 Å². The molecular formula is C14H12Cl2N2O2. The third-order valence-corrected chi connectivity index (χ3v) is 3.67. The predicted octanol–water partition coefficient (Wildman–Crippen LogP) is 2.95. The van der Waals surface area contributed by atoms with Crippen LogP contribution < -0.4 is 5.56 Å². The summed E-state index contributed by atoms with van der Waals surface area (Å²) in [5.74, 6) is -0.257. The van der Waals surface area contributed by atoms with Crippen LogP contribution in [0.3, 0.4) is 0 Å². The van der Waals surface area contributed by atoms with Crippen molar-refractivity contribution in [3.05, 3.63) is 68.1 Å². The summed E-state index contributed by atoms with van der Waals surface area (Å²) in [6, 6.07) is 8.08. The van der Waals surface area contributed by atoms with Gasteiger partial charge in [0.15, 0.2) is 0 Å². The summed E-state index contributed by atoms with van der Waals surface area (Å²) < 4.78 is 0. The maximum Gasteiger partial charge on any atom is 0.254 e. The monoisotopic (exact) mass is 310 g/mol. The maximum absolute atomic E-state index is 12.2. The topological polar surface area (TPSA) is 53.2 Å². The molecule has 2 rings (SSSR count). The Balaban J connectivity index is 2.20. The molecule has 0 saturated heterocycles. The number of H-pyrrole nitrogens is 1. The first-order chi connectivity index (χ1) is 9.49. The van der Waals surface area contributed by atoms with Crippen molar-refractivity contribution in [3.8, 4) is 0 Å². The number of carbonyl (C=O) groups is 1. The number of nitrogens with zero attached hydrogens (tertiary/aromatic N) is 1. The van der Waals surface area contributed by atoms with Crippen LogP contribution in [0, 0.1) is 0 Å². The molecule has 1 N–H and O–H groups in total. The van der Waals surface area contributed by atoms with Crippen molar-refractivity contribution in [3.63, 3.8) is 0 Å². The molecule has 1 aromatic heterocycles. The van der Waals surface area contributed by atoms with Crippen LogP contribution in [-0.2, 0) is 6.54 Å². The van der Waals surface area contributed by atoms with E-state index in [1.54, 1.807) is 31.3 Å². The lowest BCUT2D eigenvalue weighted by Gasteiger charge is -2.18. The van der Waals surface area contributed by atoms with Gasteiger partial charge in [-0.05, 0) is 17.7 Å². The summed E-state index contributed by atoms with van der Waals surface area (Å²) >= 11 is 12.0. The van der Waals surface area contributed by atoms with E-state index < -0.39 is 0 Å². The van der Waals surface area contributed by atoms with Crippen LogP contribution in [0.25, 0.3) is 0 Å². The Hall–Kier alpha value is -1.78. The summed E-state index contributed by atoms with van der Waals surface area (Å²) in [6.07, 6.45) is 1.44. The van der Waals surface area contributed by atoms with Gasteiger partial charge in [0, 0.05) is 31.4 Å². The minimum absolute atomic E-state index is 0.257. The van der Waals surface area contributed by atoms with Crippen LogP contribution in [0.15, 0.2) is 41.3 Å². The number of aromatic nitrogens is 1. The molecule has 6 heteroatoms. The number of hydrogen-bond acceptors (Lipinski definition) is 2. The molecule has 4 nitrogen and oxygen atoms in total. The lowest BCUT2D eigenvalue weighted by molar-refractivity contribution is 0.0785. The number of pyridine rings is 1. The van der Waals surface area contributed by atoms with E-state index in [0.29, 0.717) is 22.2 Å². The molecule has 2 aromatic rings. The standard InChI is InChI=1S/C14H12Cl2N2O2/c1-18(8-10-3-2-4-11(15)13(10)16)14(20)9-5-6-17-12(19)7-9/h2-7H,8H2,1H3,(H,17,19). The third kappa shape index (κ3) is 3.21. The lowest BCUT2D eigenvalue weighted by atomic mass is 10.2. The van der Waals surface area contributed by atoms with E-state index in [1.165, 1.54) is 17.2 Å². The van der Waals surface area contributed by atoms with Gasteiger partial charge in [-0.1, -0.05) is 35.3 Å². The fourth-order valence-corrected chi connectivity index (χ4v) is 2.18. The van der Waals surface area contributed by atoms with Crippen LogP contribution in [0.5, 0.6) is 0 Å². The van der Waals surface area contributed by atoms with Gasteiger partial charge in [0.05, 0.1) is 10.0 Å². The summed E-state index contributed by atoms with van der Waals surface area (Å²) in [4.78, 5) is 27.3. The van der Waals surface area contributed by atoms with Crippen molar-refractivity contribution in [2.45, 2.75) is 6.54 Å². The quantitative estimate of drug-likeness (QED) is 0.947. The molecule has 0 aliphatic heterocycles. The van der Waals surface area contributed by atoms with Gasteiger partial charge in [-0.3, -0.25) is 9.59 Å². The molecule has 0 aliphatic rings. The van der Waals surface area contributed by atoms with Crippen molar-refractivity contribution in [1.82, 2.24) is 9.88 Å². The zero-order valence-electron chi connectivity index (χ0n) is 10.7. The molecule has 1 aromatic carbocycles. The van der Waals surface area contributed by atoms with E-state index in [1.807, 2.05) is 0 Å². The van der Waals surface area contributed by atoms with Crippen LogP contribution in [0.1, 0.15) is 15.9 Å². The number of benzene rings is 1. The average Bonchev–Trinajstić information content (AvgIpc) is 2.43. The predicted molar refractivity (Wildman–Crippen MR) is 79.3 cm³/mol. The van der Waals surface area contributed by atoms with Gasteiger partial charge in [-0.2, -0.15) is 0 Å². The minimum atomic E-state index is -0.315. The largest absolute Gasteiger partial charge is 0.337 e. The number of rotatable bonds is 3. The van der Waals surface area contributed by atoms with Crippen LogP contribution in [-0.4, -0.2) is 22.8 Å². The fraction of sp³-hybridized carbons (Fsp3) is 0.143. The zero-order valence-corrected chi connectivity index (χ0v) is 12.2. The van der Waals surface area contributed by atoms with E-state index in [0.717, 1.165) is 5.56 Å². The summed E-state index contributed by atoms with van der Waals surface area (Å²) in [6.45, 7) is 0.311. The summed E-state index contributed by atoms with van der Waals surface area (Å²) in [5.41, 5.74) is 0.763. The Morgan fingerprint density at radius 2 is 2.05 bits per heavy atom. The lowest BCUT2D eigenvalue weighted by Crippen LogP contribution is -2.27. The fourth-order valence-electron chi connectivity index (χ4n) is 1.80. The van der Waals surface area contributed by atoms with E-state index >= 15 is 0 Å². The van der Waals surface area contributed by atoms with Gasteiger partial charge in [-0.15, -0.1) is 0 Å². The first-order valence-corrected chi connectivity index (χ1v) is 6.61. The number of aromatic amines is 1. The molecule has 0 aliphatic carbocycles. The highest BCUT2D eigenvalue weighted by atomic mass is 35.5. The van der Waals surface area contributed by atoms with E-state index in [4.69, 9.17) is 23.2 Å². The molecule has 0 bridgehead atoms. The summed E-state index contributed by atoms with van der Waals surface area (Å²) in [7, 11) is 1.64. The van der Waals surface area contributed by atoms with Crippen LogP contribution in [0.4, 0.5) is 0 Å². The Bertz CT molecular complexity index is 698. The number of halogens is 2. The number of nitrogens with one attached hydrogen (secondary N) is 1. The molecule has 1 amide bonds. The van der Waals surface area contributed by atoms with Crippen molar-refractivity contribution in [1.29, 1.82) is 0 Å². The van der Waals surface area contributed by atoms with Gasteiger partial charge < -0.3 is 9.88 Å². The highest BCUT2D eigenvalue weighted by Gasteiger charge is 2.14. The Morgan fingerprint density at radius 1 is 1.30 bits per heavy atom. The molecule has 0 spiro atoms. The highest BCUT2D eigenvalue weighted by molar-refractivity contribution is 6.42. The first kappa shape index (κ1) is 14.6. The maximum atomic E-state index is 12.2. The Kier molecular flexibility index (Phi) is 4.47. The number of hydrogen-bond donors (Lipinski definition) is 1. The molecule has 0 fully saturated rings. The molecule has 1 heterocycles. The van der Waals surface area contributed by atoms with Gasteiger partial charge in [0.2, 0.25) is 5.56 Å². The van der Waals surface area contributed by atoms with Gasteiger partial charge in [-0.25, -0.2) is 0 Å². The van der Waals surface area contributed by atoms with Gasteiger partial charge >= 0.3 is 0 Å². The second-order valence-corrected chi connectivity index (χ2v) is 5.10. The van der Waals surface area contributed by atoms with Crippen LogP contribution in [0.2, 0.25) is 10.0 Å². The molecule has 0 radical (unpaired) electrons. The van der Waals surface area contributed by atoms with E-state index in [9.17, 15) is 9.59 Å². The minimum Gasteiger partial charge on any atom is -0.337 e. The van der Waals surface area contributed by atoms with E-state index in [-0.39, 0.29) is 11.5 Å². The smallest absolute Gasteiger partial charge is 0.254 e. The third-order valence-electron chi connectivity index (χ3n) is 2.81. The Morgan fingerprint density at radius 3 is 2.75 bits per heavy atom. The van der Waals surface area contributed by atoms with E-state index in [2.05, 4.69) is 4.98 Å². The number of amides is 1. The SMILES string of the molecule is CN(Cc1cccc(Cl)c1Cl)C(=O)c1cc[nH]c(=O)c1. The highest BCUT2D eigenvalue weighted by Crippen LogP contribution is 2.26. The second kappa shape index (κ2) is 6.11. The molecule has 0 atom stereocenters. The van der Waals surface area contributed by atoms with Gasteiger partial charge in [0.1, 0.15) is 0 Å². The van der Waals surface area contributed by atoms with Crippen molar-refractivity contribution >= 4 is 29.1 Å². The molecule has 20 heavy (non-hydrogen) atoms. The summed E-state index contributed by atoms with van der Waals surface area (Å²) in [5, 5.41) is 0.876. The van der Waals surface area contributed by atoms with Crippen molar-refractivity contribution in [2.24, 2.45) is 0 Å². The molecule has 0 unspecified atom stereocenters. The average molecular weight is 311 g/mol. The first-order valence-electron chi connectivity index (χ1n) is 5.86. The van der Waals surface area contributed by atoms with Crippen LogP contribution >= 0.6 is 23.2 Å². The molecule has 0 saturated carbocycles. The molecular weight excluding hydrogens is 299 g/mol. The van der Waals surface area contributed by atoms with Crippen molar-refractivity contribution < 1.29 is 4.79 Å². The molecule has 104 valence electrons. The second-order valence-electron chi connectivity index (χ2n) is 4.32. The normalized spacial score (nSPS) is 10.3. The van der Waals surface area contributed by atoms with Crippen molar-refractivity contribution in [2.75, 3.05) is 7.05 Å². The number of carbonyl (C=O) groups excluding carboxylic acids is 1. The zero-order chi connectivity index (χ0) is 14.7.